The van der Waals surface area contributed by atoms with Crippen LogP contribution in [0.25, 0.3) is 0 Å². The second-order valence-electron chi connectivity index (χ2n) is 6.04. The van der Waals surface area contributed by atoms with E-state index >= 15 is 0 Å². The van der Waals surface area contributed by atoms with E-state index in [-0.39, 0.29) is 5.91 Å². The molecular weight excluding hydrogens is 268 g/mol. The molecule has 1 aromatic rings. The molecule has 1 saturated carbocycles. The van der Waals surface area contributed by atoms with Crippen molar-refractivity contribution in [2.45, 2.75) is 31.8 Å². The topological polar surface area (TPSA) is 58.6 Å². The zero-order chi connectivity index (χ0) is 15.0. The van der Waals surface area contributed by atoms with Crippen molar-refractivity contribution < 1.29 is 9.53 Å². The third-order valence-corrected chi connectivity index (χ3v) is 3.91. The van der Waals surface area contributed by atoms with E-state index in [1.165, 1.54) is 12.8 Å². The number of amides is 1. The molecule has 1 amide bonds. The van der Waals surface area contributed by atoms with Gasteiger partial charge in [0.2, 0.25) is 0 Å². The van der Waals surface area contributed by atoms with E-state index < -0.39 is 6.10 Å². The number of hydrogen-bond donors (Lipinski definition) is 0. The molecule has 1 aromatic heterocycles. The molecule has 6 heteroatoms. The number of ether oxygens (including phenoxy) is 1. The van der Waals surface area contributed by atoms with Crippen LogP contribution in [0.2, 0.25) is 0 Å². The number of morpholine rings is 1. The molecule has 1 unspecified atom stereocenters. The predicted molar refractivity (Wildman–Crippen MR) is 79.4 cm³/mol. The highest BCUT2D eigenvalue weighted by atomic mass is 16.5. The number of likely N-dealkylation sites (N-methyl/N-ethyl adjacent to an activating group) is 1. The Morgan fingerprint density at radius 3 is 2.81 bits per heavy atom. The van der Waals surface area contributed by atoms with Crippen molar-refractivity contribution in [2.24, 2.45) is 0 Å². The van der Waals surface area contributed by atoms with Gasteiger partial charge in [-0.3, -0.25) is 4.79 Å². The van der Waals surface area contributed by atoms with Crippen LogP contribution in [0.15, 0.2) is 6.07 Å². The minimum Gasteiger partial charge on any atom is -0.365 e. The standard InChI is InChI=1S/C15H22N4O2/c1-10-8-13(17-14(16-10)11-4-5-11)19-6-7-21-12(9-19)15(20)18(2)3/h8,11-12H,4-7,9H2,1-3H3. The quantitative estimate of drug-likeness (QED) is 0.830. The molecule has 1 saturated heterocycles. The van der Waals surface area contributed by atoms with Gasteiger partial charge in [-0.25, -0.2) is 9.97 Å². The summed E-state index contributed by atoms with van der Waals surface area (Å²) in [6, 6.07) is 1.99. The molecule has 0 radical (unpaired) electrons. The Kier molecular flexibility index (Phi) is 3.80. The summed E-state index contributed by atoms with van der Waals surface area (Å²) >= 11 is 0. The Hall–Kier alpha value is -1.69. The summed E-state index contributed by atoms with van der Waals surface area (Å²) in [5.74, 6) is 2.41. The predicted octanol–water partition coefficient (Wildman–Crippen LogP) is 0.956. The number of carbonyl (C=O) groups excluding carboxylic acids is 1. The second-order valence-corrected chi connectivity index (χ2v) is 6.04. The van der Waals surface area contributed by atoms with Gasteiger partial charge in [0.25, 0.3) is 5.91 Å². The monoisotopic (exact) mass is 290 g/mol. The van der Waals surface area contributed by atoms with Crippen molar-refractivity contribution in [3.8, 4) is 0 Å². The zero-order valence-corrected chi connectivity index (χ0v) is 12.9. The van der Waals surface area contributed by atoms with Gasteiger partial charge in [0, 0.05) is 38.3 Å². The van der Waals surface area contributed by atoms with Crippen molar-refractivity contribution in [1.82, 2.24) is 14.9 Å². The highest BCUT2D eigenvalue weighted by Gasteiger charge is 2.31. The summed E-state index contributed by atoms with van der Waals surface area (Å²) in [6.07, 6.45) is 1.97. The van der Waals surface area contributed by atoms with Gasteiger partial charge in [-0.05, 0) is 19.8 Å². The summed E-state index contributed by atoms with van der Waals surface area (Å²) in [5.41, 5.74) is 0.990. The van der Waals surface area contributed by atoms with Crippen LogP contribution < -0.4 is 4.90 Å². The molecule has 0 bridgehead atoms. The number of carbonyl (C=O) groups is 1. The molecule has 1 aliphatic carbocycles. The fourth-order valence-corrected chi connectivity index (χ4v) is 2.56. The van der Waals surface area contributed by atoms with Crippen molar-refractivity contribution in [2.75, 3.05) is 38.7 Å². The van der Waals surface area contributed by atoms with Gasteiger partial charge >= 0.3 is 0 Å². The third kappa shape index (κ3) is 3.15. The number of hydrogen-bond acceptors (Lipinski definition) is 5. The highest BCUT2D eigenvalue weighted by molar-refractivity contribution is 5.81. The molecule has 0 spiro atoms. The maximum Gasteiger partial charge on any atom is 0.253 e. The van der Waals surface area contributed by atoms with Crippen molar-refractivity contribution in [3.05, 3.63) is 17.6 Å². The lowest BCUT2D eigenvalue weighted by atomic mass is 10.2. The summed E-state index contributed by atoms with van der Waals surface area (Å²) in [5, 5.41) is 0. The zero-order valence-electron chi connectivity index (χ0n) is 12.9. The van der Waals surface area contributed by atoms with Gasteiger partial charge in [0.1, 0.15) is 11.6 Å². The van der Waals surface area contributed by atoms with Gasteiger partial charge in [-0.15, -0.1) is 0 Å². The van der Waals surface area contributed by atoms with Crippen LogP contribution in [0.3, 0.4) is 0 Å². The third-order valence-electron chi connectivity index (χ3n) is 3.91. The fourth-order valence-electron chi connectivity index (χ4n) is 2.56. The van der Waals surface area contributed by atoms with E-state index in [9.17, 15) is 4.79 Å². The molecule has 0 aromatic carbocycles. The van der Waals surface area contributed by atoms with E-state index in [1.807, 2.05) is 13.0 Å². The van der Waals surface area contributed by atoms with Crippen molar-refractivity contribution >= 4 is 11.7 Å². The van der Waals surface area contributed by atoms with Crippen LogP contribution in [-0.4, -0.2) is 60.7 Å². The number of anilines is 1. The number of nitrogens with zero attached hydrogens (tertiary/aromatic N) is 4. The molecule has 2 aliphatic rings. The molecule has 114 valence electrons. The van der Waals surface area contributed by atoms with Crippen molar-refractivity contribution in [3.63, 3.8) is 0 Å². The van der Waals surface area contributed by atoms with E-state index in [1.54, 1.807) is 19.0 Å². The summed E-state index contributed by atoms with van der Waals surface area (Å²) < 4.78 is 5.60. The molecule has 1 atom stereocenters. The largest absolute Gasteiger partial charge is 0.365 e. The minimum absolute atomic E-state index is 0.00731. The van der Waals surface area contributed by atoms with E-state index in [2.05, 4.69) is 9.88 Å². The normalized spacial score (nSPS) is 22.2. The first-order valence-electron chi connectivity index (χ1n) is 7.48. The Bertz CT molecular complexity index is 542. The Morgan fingerprint density at radius 1 is 1.38 bits per heavy atom. The van der Waals surface area contributed by atoms with Crippen LogP contribution in [-0.2, 0) is 9.53 Å². The summed E-state index contributed by atoms with van der Waals surface area (Å²) in [7, 11) is 3.51. The van der Waals surface area contributed by atoms with E-state index in [0.717, 1.165) is 23.9 Å². The van der Waals surface area contributed by atoms with Gasteiger partial charge in [0.05, 0.1) is 13.2 Å². The van der Waals surface area contributed by atoms with E-state index in [4.69, 9.17) is 9.72 Å². The van der Waals surface area contributed by atoms with Crippen molar-refractivity contribution in [1.29, 1.82) is 0 Å². The van der Waals surface area contributed by atoms with Gasteiger partial charge in [0.15, 0.2) is 6.10 Å². The SMILES string of the molecule is Cc1cc(N2CCOC(C(=O)N(C)C)C2)nc(C2CC2)n1. The Balaban J connectivity index is 1.78. The fraction of sp³-hybridized carbons (Fsp3) is 0.667. The van der Waals surface area contributed by atoms with Crippen LogP contribution in [0.4, 0.5) is 5.82 Å². The molecule has 0 N–H and O–H groups in total. The first-order chi connectivity index (χ1) is 10.0. The number of aryl methyl sites for hydroxylation is 1. The maximum atomic E-state index is 12.1. The molecule has 1 aliphatic heterocycles. The molecule has 3 rings (SSSR count). The van der Waals surface area contributed by atoms with E-state index in [0.29, 0.717) is 19.1 Å². The average Bonchev–Trinajstić information content (AvgIpc) is 3.30. The smallest absolute Gasteiger partial charge is 0.253 e. The molecular formula is C15H22N4O2. The molecule has 2 heterocycles. The maximum absolute atomic E-state index is 12.1. The summed E-state index contributed by atoms with van der Waals surface area (Å²) in [6.45, 7) is 3.86. The second kappa shape index (κ2) is 5.60. The number of rotatable bonds is 3. The Morgan fingerprint density at radius 2 is 2.14 bits per heavy atom. The lowest BCUT2D eigenvalue weighted by molar-refractivity contribution is -0.141. The first-order valence-corrected chi connectivity index (χ1v) is 7.48. The van der Waals surface area contributed by atoms with Gasteiger partial charge in [-0.1, -0.05) is 0 Å². The number of aromatic nitrogens is 2. The van der Waals surface area contributed by atoms with Crippen LogP contribution >= 0.6 is 0 Å². The van der Waals surface area contributed by atoms with Crippen LogP contribution in [0.5, 0.6) is 0 Å². The van der Waals surface area contributed by atoms with Crippen LogP contribution in [0.1, 0.15) is 30.3 Å². The molecule has 21 heavy (non-hydrogen) atoms. The Labute approximate surface area is 125 Å². The highest BCUT2D eigenvalue weighted by Crippen LogP contribution is 2.38. The lowest BCUT2D eigenvalue weighted by Gasteiger charge is -2.34. The molecule has 6 nitrogen and oxygen atoms in total. The summed E-state index contributed by atoms with van der Waals surface area (Å²) in [4.78, 5) is 25.0. The van der Waals surface area contributed by atoms with Crippen LogP contribution in [0, 0.1) is 6.92 Å². The molecule has 2 fully saturated rings. The lowest BCUT2D eigenvalue weighted by Crippen LogP contribution is -2.49. The van der Waals surface area contributed by atoms with Gasteiger partial charge < -0.3 is 14.5 Å². The average molecular weight is 290 g/mol. The minimum atomic E-state index is -0.409. The van der Waals surface area contributed by atoms with Gasteiger partial charge in [-0.2, -0.15) is 0 Å². The first kappa shape index (κ1) is 14.3.